The first-order valence-corrected chi connectivity index (χ1v) is 8.67. The number of ether oxygens (including phenoxy) is 2. The highest BCUT2D eigenvalue weighted by molar-refractivity contribution is 5.88. The molecule has 3 rings (SSSR count). The SMILES string of the molecule is C[C@@H]1O[C@@H](O[C@H]2C[C@](O)(C(=O)CO)Cc3cccc(O)c32)C[C@H](N)[C@@H]1O. The molecule has 0 spiro atoms. The van der Waals surface area contributed by atoms with Gasteiger partial charge in [0.25, 0.3) is 0 Å². The molecule has 0 unspecified atom stereocenters. The third-order valence-electron chi connectivity index (χ3n) is 5.23. The Morgan fingerprint density at radius 1 is 1.46 bits per heavy atom. The van der Waals surface area contributed by atoms with Gasteiger partial charge in [0, 0.05) is 30.9 Å². The van der Waals surface area contributed by atoms with E-state index in [0.717, 1.165) is 0 Å². The molecule has 0 amide bonds. The lowest BCUT2D eigenvalue weighted by Gasteiger charge is -2.41. The maximum absolute atomic E-state index is 12.1. The zero-order valence-electron chi connectivity index (χ0n) is 14.5. The number of rotatable bonds is 4. The second-order valence-corrected chi connectivity index (χ2v) is 7.13. The van der Waals surface area contributed by atoms with Crippen LogP contribution in [0.1, 0.15) is 37.0 Å². The Kier molecular flexibility index (Phi) is 5.34. The number of phenols is 1. The van der Waals surface area contributed by atoms with Crippen LogP contribution in [-0.2, 0) is 20.7 Å². The van der Waals surface area contributed by atoms with Crippen LogP contribution in [0.4, 0.5) is 0 Å². The number of hydrogen-bond acceptors (Lipinski definition) is 8. The molecule has 0 saturated carbocycles. The maximum Gasteiger partial charge on any atom is 0.190 e. The number of ketones is 1. The number of benzene rings is 1. The van der Waals surface area contributed by atoms with E-state index in [4.69, 9.17) is 15.2 Å². The number of Topliss-reactive ketones (excluding diaryl/α,β-unsaturated/α-hetero) is 1. The minimum absolute atomic E-state index is 0.000751. The molecular formula is C18H25NO7. The molecule has 8 nitrogen and oxygen atoms in total. The summed E-state index contributed by atoms with van der Waals surface area (Å²) < 4.78 is 11.6. The molecule has 8 heteroatoms. The normalized spacial score (nSPS) is 37.2. The molecule has 6 N–H and O–H groups in total. The summed E-state index contributed by atoms with van der Waals surface area (Å²) in [5.41, 5.74) is 5.18. The second-order valence-electron chi connectivity index (χ2n) is 7.13. The Bertz CT molecular complexity index is 670. The number of fused-ring (bicyclic) bond motifs is 1. The molecule has 1 aromatic rings. The molecule has 0 bridgehead atoms. The minimum Gasteiger partial charge on any atom is -0.508 e. The van der Waals surface area contributed by atoms with Crippen LogP contribution in [-0.4, -0.2) is 63.0 Å². The van der Waals surface area contributed by atoms with Gasteiger partial charge in [-0.25, -0.2) is 0 Å². The molecule has 144 valence electrons. The molecule has 1 aromatic carbocycles. The van der Waals surface area contributed by atoms with Crippen LogP contribution in [0.3, 0.4) is 0 Å². The van der Waals surface area contributed by atoms with Crippen molar-refractivity contribution in [2.75, 3.05) is 6.61 Å². The van der Waals surface area contributed by atoms with Gasteiger partial charge in [-0.2, -0.15) is 0 Å². The van der Waals surface area contributed by atoms with E-state index >= 15 is 0 Å². The lowest BCUT2D eigenvalue weighted by Crippen LogP contribution is -2.52. The largest absolute Gasteiger partial charge is 0.508 e. The fourth-order valence-electron chi connectivity index (χ4n) is 3.75. The summed E-state index contributed by atoms with van der Waals surface area (Å²) in [5, 5.41) is 40.1. The van der Waals surface area contributed by atoms with Gasteiger partial charge >= 0.3 is 0 Å². The highest BCUT2D eigenvalue weighted by atomic mass is 16.7. The molecule has 0 radical (unpaired) electrons. The van der Waals surface area contributed by atoms with Crippen LogP contribution in [0.5, 0.6) is 5.75 Å². The van der Waals surface area contributed by atoms with Gasteiger partial charge in [-0.3, -0.25) is 4.79 Å². The highest BCUT2D eigenvalue weighted by Crippen LogP contribution is 2.43. The van der Waals surface area contributed by atoms with E-state index in [-0.39, 0.29) is 25.0 Å². The Morgan fingerprint density at radius 2 is 2.19 bits per heavy atom. The minimum atomic E-state index is -1.79. The van der Waals surface area contributed by atoms with Gasteiger partial charge in [0.05, 0.1) is 18.3 Å². The number of aliphatic hydroxyl groups is 3. The number of nitrogens with two attached hydrogens (primary N) is 1. The van der Waals surface area contributed by atoms with Crippen LogP contribution in [0.15, 0.2) is 18.2 Å². The van der Waals surface area contributed by atoms with Gasteiger partial charge in [0.15, 0.2) is 12.1 Å². The first kappa shape index (κ1) is 19.2. The second kappa shape index (κ2) is 7.22. The summed E-state index contributed by atoms with van der Waals surface area (Å²) in [7, 11) is 0. The number of phenolic OH excluding ortho intramolecular Hbond substituents is 1. The Labute approximate surface area is 151 Å². The van der Waals surface area contributed by atoms with E-state index in [1.807, 2.05) is 0 Å². The van der Waals surface area contributed by atoms with Crippen molar-refractivity contribution < 1.29 is 34.7 Å². The molecular weight excluding hydrogens is 342 g/mol. The molecule has 1 heterocycles. The van der Waals surface area contributed by atoms with Crippen molar-refractivity contribution in [1.29, 1.82) is 0 Å². The van der Waals surface area contributed by atoms with Gasteiger partial charge in [-0.15, -0.1) is 0 Å². The summed E-state index contributed by atoms with van der Waals surface area (Å²) in [6.07, 6.45) is -2.83. The lowest BCUT2D eigenvalue weighted by molar-refractivity contribution is -0.247. The van der Waals surface area contributed by atoms with E-state index in [9.17, 15) is 25.2 Å². The van der Waals surface area contributed by atoms with Gasteiger partial charge in [-0.1, -0.05) is 12.1 Å². The monoisotopic (exact) mass is 367 g/mol. The Hall–Kier alpha value is -1.55. The van der Waals surface area contributed by atoms with Crippen molar-refractivity contribution in [2.45, 2.75) is 62.4 Å². The first-order valence-electron chi connectivity index (χ1n) is 8.67. The third-order valence-corrected chi connectivity index (χ3v) is 5.23. The van der Waals surface area contributed by atoms with Crippen molar-refractivity contribution in [1.82, 2.24) is 0 Å². The topological polar surface area (TPSA) is 142 Å². The molecule has 1 fully saturated rings. The average Bonchev–Trinajstić information content (AvgIpc) is 2.58. The number of aliphatic hydroxyl groups excluding tert-OH is 2. The predicted octanol–water partition coefficient (Wildman–Crippen LogP) is -0.488. The van der Waals surface area contributed by atoms with Crippen LogP contribution in [0.2, 0.25) is 0 Å². The highest BCUT2D eigenvalue weighted by Gasteiger charge is 2.45. The Balaban J connectivity index is 1.89. The Morgan fingerprint density at radius 3 is 2.85 bits per heavy atom. The molecule has 26 heavy (non-hydrogen) atoms. The van der Waals surface area contributed by atoms with Crippen LogP contribution < -0.4 is 5.73 Å². The summed E-state index contributed by atoms with van der Waals surface area (Å²) in [4.78, 5) is 12.1. The van der Waals surface area contributed by atoms with Gasteiger partial charge in [0.1, 0.15) is 18.0 Å². The number of carbonyl (C=O) groups excluding carboxylic acids is 1. The molecule has 6 atom stereocenters. The van der Waals surface area contributed by atoms with E-state index in [2.05, 4.69) is 0 Å². The molecule has 0 aromatic heterocycles. The fourth-order valence-corrected chi connectivity index (χ4v) is 3.75. The first-order chi connectivity index (χ1) is 12.2. The van der Waals surface area contributed by atoms with E-state index in [1.165, 1.54) is 6.07 Å². The zero-order valence-corrected chi connectivity index (χ0v) is 14.5. The van der Waals surface area contributed by atoms with Crippen molar-refractivity contribution in [2.24, 2.45) is 5.73 Å². The molecule has 1 aliphatic heterocycles. The van der Waals surface area contributed by atoms with Crippen molar-refractivity contribution in [3.63, 3.8) is 0 Å². The summed E-state index contributed by atoms with van der Waals surface area (Å²) in [6, 6.07) is 4.29. The van der Waals surface area contributed by atoms with Crippen molar-refractivity contribution in [3.05, 3.63) is 29.3 Å². The van der Waals surface area contributed by atoms with Gasteiger partial charge in [-0.05, 0) is 18.6 Å². The zero-order chi connectivity index (χ0) is 19.1. The third kappa shape index (κ3) is 3.48. The van der Waals surface area contributed by atoms with Gasteiger partial charge < -0.3 is 35.6 Å². The quantitative estimate of drug-likeness (QED) is 0.480. The standard InChI is InChI=1S/C18H25NO7/c1-9-17(23)11(19)5-15(25-9)26-13-7-18(24,14(22)8-20)6-10-3-2-4-12(21)16(10)13/h2-4,9,11,13,15,17,20-21,23-24H,5-8,19H2,1H3/t9-,11-,13-,15-,17+,18-/m0/s1. The van der Waals surface area contributed by atoms with Crippen molar-refractivity contribution >= 4 is 5.78 Å². The van der Waals surface area contributed by atoms with E-state index < -0.39 is 48.6 Å². The smallest absolute Gasteiger partial charge is 0.190 e. The summed E-state index contributed by atoms with van der Waals surface area (Å²) >= 11 is 0. The summed E-state index contributed by atoms with van der Waals surface area (Å²) in [5.74, 6) is -0.704. The average molecular weight is 367 g/mol. The van der Waals surface area contributed by atoms with Crippen LogP contribution >= 0.6 is 0 Å². The number of hydrogen-bond donors (Lipinski definition) is 5. The van der Waals surface area contributed by atoms with E-state index in [0.29, 0.717) is 11.1 Å². The van der Waals surface area contributed by atoms with Crippen LogP contribution in [0.25, 0.3) is 0 Å². The number of aromatic hydroxyl groups is 1. The number of carbonyl (C=O) groups is 1. The van der Waals surface area contributed by atoms with Gasteiger partial charge in [0.2, 0.25) is 0 Å². The molecule has 2 aliphatic rings. The maximum atomic E-state index is 12.1. The molecule has 1 aliphatic carbocycles. The molecule has 1 saturated heterocycles. The predicted molar refractivity (Wildman–Crippen MR) is 90.2 cm³/mol. The van der Waals surface area contributed by atoms with E-state index in [1.54, 1.807) is 19.1 Å². The van der Waals surface area contributed by atoms with Crippen LogP contribution in [0, 0.1) is 0 Å². The van der Waals surface area contributed by atoms with Crippen molar-refractivity contribution in [3.8, 4) is 5.75 Å². The lowest BCUT2D eigenvalue weighted by atomic mass is 9.76. The summed E-state index contributed by atoms with van der Waals surface area (Å²) in [6.45, 7) is 0.892. The fraction of sp³-hybridized carbons (Fsp3) is 0.611.